The Bertz CT molecular complexity index is 1480. The van der Waals surface area contributed by atoms with Crippen molar-refractivity contribution in [1.29, 1.82) is 0 Å². The molecule has 3 aromatic rings. The number of aryl methyl sites for hydroxylation is 1. The second-order valence-electron chi connectivity index (χ2n) is 11.1. The number of carboxylic acid groups (broad SMARTS) is 1. The third-order valence-electron chi connectivity index (χ3n) is 8.11. The summed E-state index contributed by atoms with van der Waals surface area (Å²) in [5.74, 6) is -1.04. The number of hydrogen-bond acceptors (Lipinski definition) is 10. The van der Waals surface area contributed by atoms with Gasteiger partial charge in [0.1, 0.15) is 24.1 Å². The number of benzene rings is 2. The van der Waals surface area contributed by atoms with Crippen molar-refractivity contribution in [2.24, 2.45) is 0 Å². The number of anilines is 2. The lowest BCUT2D eigenvalue weighted by molar-refractivity contribution is -0.279. The maximum Gasteiger partial charge on any atom is 0.335 e. The van der Waals surface area contributed by atoms with Crippen LogP contribution < -0.4 is 15.0 Å². The summed E-state index contributed by atoms with van der Waals surface area (Å²) < 4.78 is 23.8. The molecule has 7 N–H and O–H groups in total. The van der Waals surface area contributed by atoms with Crippen molar-refractivity contribution in [3.8, 4) is 5.75 Å². The van der Waals surface area contributed by atoms with Crippen LogP contribution >= 0.6 is 0 Å². The van der Waals surface area contributed by atoms with Gasteiger partial charge in [-0.15, -0.1) is 0 Å². The van der Waals surface area contributed by atoms with Gasteiger partial charge in [0.05, 0.1) is 11.4 Å². The molecule has 13 nitrogen and oxygen atoms in total. The van der Waals surface area contributed by atoms with Gasteiger partial charge in [0.15, 0.2) is 24.2 Å². The van der Waals surface area contributed by atoms with Crippen LogP contribution in [-0.4, -0.2) is 117 Å². The average molecular weight is 617 g/mol. The Hall–Kier alpha value is -3.79. The first kappa shape index (κ1) is 31.6. The Morgan fingerprint density at radius 3 is 2.52 bits per heavy atom. The predicted molar refractivity (Wildman–Crippen MR) is 157 cm³/mol. The number of nitrogens with one attached hydrogen (secondary N) is 2. The summed E-state index contributed by atoms with van der Waals surface area (Å²) >= 11 is 0. The molecule has 0 aliphatic carbocycles. The van der Waals surface area contributed by atoms with Gasteiger partial charge in [-0.2, -0.15) is 0 Å². The number of hydrogen-bond donors (Lipinski definition) is 7. The molecule has 1 amide bonds. The summed E-state index contributed by atoms with van der Waals surface area (Å²) in [7, 11) is 0. The van der Waals surface area contributed by atoms with E-state index >= 15 is 0 Å². The van der Waals surface area contributed by atoms with E-state index in [9.17, 15) is 14.0 Å². The molecule has 6 atom stereocenters. The first-order valence-electron chi connectivity index (χ1n) is 14.5. The van der Waals surface area contributed by atoms with Gasteiger partial charge < -0.3 is 50.2 Å². The summed E-state index contributed by atoms with van der Waals surface area (Å²) in [6, 6.07) is 10.8. The zero-order valence-corrected chi connectivity index (χ0v) is 24.1. The highest BCUT2D eigenvalue weighted by Crippen LogP contribution is 2.39. The molecule has 2 saturated heterocycles. The largest absolute Gasteiger partial charge is 0.479 e. The first-order valence-corrected chi connectivity index (χ1v) is 14.5. The molecular weight excluding hydrogens is 579 g/mol. The zero-order valence-electron chi connectivity index (χ0n) is 24.1. The maximum atomic E-state index is 13.6. The van der Waals surface area contributed by atoms with Crippen molar-refractivity contribution >= 4 is 34.2 Å². The van der Waals surface area contributed by atoms with Crippen LogP contribution in [0.25, 0.3) is 10.9 Å². The van der Waals surface area contributed by atoms with Gasteiger partial charge in [-0.1, -0.05) is 6.07 Å². The minimum absolute atomic E-state index is 0.104. The number of halogens is 1. The van der Waals surface area contributed by atoms with Crippen molar-refractivity contribution in [2.75, 3.05) is 42.9 Å². The highest BCUT2D eigenvalue weighted by molar-refractivity contribution is 5.99. The molecule has 0 radical (unpaired) electrons. The molecule has 2 fully saturated rings. The second kappa shape index (κ2) is 13.5. The lowest BCUT2D eigenvalue weighted by atomic mass is 9.99. The number of amides is 1. The van der Waals surface area contributed by atoms with Crippen LogP contribution in [0.3, 0.4) is 0 Å². The van der Waals surface area contributed by atoms with Crippen LogP contribution in [0.2, 0.25) is 0 Å². The van der Waals surface area contributed by atoms with Crippen LogP contribution in [0.4, 0.5) is 15.8 Å². The fourth-order valence-corrected chi connectivity index (χ4v) is 5.59. The average Bonchev–Trinajstić information content (AvgIpc) is 3.40. The van der Waals surface area contributed by atoms with Crippen molar-refractivity contribution in [3.05, 3.63) is 54.0 Å². The van der Waals surface area contributed by atoms with Crippen LogP contribution in [0, 0.1) is 5.82 Å². The highest BCUT2D eigenvalue weighted by atomic mass is 19.1. The number of piperazine rings is 1. The molecule has 0 bridgehead atoms. The third kappa shape index (κ3) is 6.80. The van der Waals surface area contributed by atoms with E-state index < -0.39 is 42.8 Å². The number of carbonyl (C=O) groups is 2. The number of carbonyl (C=O) groups excluding carboxylic acids is 1. The van der Waals surface area contributed by atoms with Crippen LogP contribution in [0.15, 0.2) is 42.6 Å². The van der Waals surface area contributed by atoms with E-state index in [0.29, 0.717) is 0 Å². The molecule has 2 aromatic carbocycles. The lowest BCUT2D eigenvalue weighted by Crippen LogP contribution is -2.59. The fourth-order valence-electron chi connectivity index (χ4n) is 5.59. The standard InChI is InChI=1S/C24H27FN4O2.C6H10O7/c1-16-24(30)27-21-5-2-6-22(23(21)31-16)29-12-10-28(11-13-29)9-3-4-17-15-26-20-8-7-18(25)14-19(17)20;7-1-2(8)4(5(10)11)13-6(12)3(1)9/h2,5-8,14-16,26H,3-4,9-13H2,1H3,(H,27,30);1-4,6-9,12H,(H,10,11)/t16-;1-,2-,3+,4-,6?/m10/s1. The summed E-state index contributed by atoms with van der Waals surface area (Å²) in [5.41, 5.74) is 3.96. The predicted octanol–water partition coefficient (Wildman–Crippen LogP) is 0.652. The molecule has 3 aliphatic rings. The van der Waals surface area contributed by atoms with Gasteiger partial charge in [0, 0.05) is 43.3 Å². The van der Waals surface area contributed by atoms with Crippen molar-refractivity contribution in [2.45, 2.75) is 56.6 Å². The molecule has 238 valence electrons. The molecule has 1 unspecified atom stereocenters. The van der Waals surface area contributed by atoms with Gasteiger partial charge in [-0.3, -0.25) is 9.69 Å². The molecule has 3 aliphatic heterocycles. The SMILES string of the molecule is C[C@H]1Oc2c(cccc2N2CCN(CCCc3c[nH]c4ccc(F)cc34)CC2)NC1=O.O=C(O)[C@H]1OC(O)[C@H](O)[C@@H](O)[C@@H]1O. The monoisotopic (exact) mass is 616 g/mol. The van der Waals surface area contributed by atoms with E-state index in [-0.39, 0.29) is 11.7 Å². The summed E-state index contributed by atoms with van der Waals surface area (Å²) in [6.45, 7) is 6.59. The molecule has 0 saturated carbocycles. The number of nitrogens with zero attached hydrogens (tertiary/aromatic N) is 2. The molecule has 4 heterocycles. The number of H-pyrrole nitrogens is 1. The number of aliphatic hydroxyl groups is 4. The number of fused-ring (bicyclic) bond motifs is 2. The maximum absolute atomic E-state index is 13.6. The minimum Gasteiger partial charge on any atom is -0.479 e. The third-order valence-corrected chi connectivity index (χ3v) is 8.11. The van der Waals surface area contributed by atoms with E-state index in [2.05, 4.69) is 30.9 Å². The molecule has 44 heavy (non-hydrogen) atoms. The number of para-hydroxylation sites is 1. The fraction of sp³-hybridized carbons (Fsp3) is 0.467. The van der Waals surface area contributed by atoms with E-state index in [0.717, 1.165) is 73.6 Å². The van der Waals surface area contributed by atoms with Crippen LogP contribution in [0.5, 0.6) is 5.75 Å². The van der Waals surface area contributed by atoms with E-state index in [1.165, 1.54) is 11.6 Å². The number of rotatable bonds is 6. The van der Waals surface area contributed by atoms with Crippen LogP contribution in [-0.2, 0) is 20.7 Å². The quantitative estimate of drug-likeness (QED) is 0.206. The molecular formula is C30H37FN4O9. The highest BCUT2D eigenvalue weighted by Gasteiger charge is 2.46. The number of ether oxygens (including phenoxy) is 2. The van der Waals surface area contributed by atoms with Gasteiger partial charge in [-0.05, 0) is 62.2 Å². The topological polar surface area (TPSA) is 188 Å². The van der Waals surface area contributed by atoms with Crippen LogP contribution in [0.1, 0.15) is 18.9 Å². The van der Waals surface area contributed by atoms with E-state index in [4.69, 9.17) is 30.3 Å². The zero-order chi connectivity index (χ0) is 31.5. The van der Waals surface area contributed by atoms with Crippen molar-refractivity contribution in [3.63, 3.8) is 0 Å². The Kier molecular flexibility index (Phi) is 9.68. The summed E-state index contributed by atoms with van der Waals surface area (Å²) in [5, 5.41) is 48.3. The Labute approximate surface area is 252 Å². The summed E-state index contributed by atoms with van der Waals surface area (Å²) in [4.78, 5) is 30.3. The molecule has 1 aromatic heterocycles. The Morgan fingerprint density at radius 2 is 1.80 bits per heavy atom. The number of aromatic nitrogens is 1. The van der Waals surface area contributed by atoms with E-state index in [1.807, 2.05) is 18.3 Å². The second-order valence-corrected chi connectivity index (χ2v) is 11.1. The molecule has 0 spiro atoms. The lowest BCUT2D eigenvalue weighted by Gasteiger charge is -2.38. The molecule has 14 heteroatoms. The first-order chi connectivity index (χ1) is 21.0. The smallest absolute Gasteiger partial charge is 0.335 e. The van der Waals surface area contributed by atoms with Gasteiger partial charge >= 0.3 is 5.97 Å². The normalized spacial score (nSPS) is 27.1. The van der Waals surface area contributed by atoms with Gasteiger partial charge in [0.25, 0.3) is 5.91 Å². The van der Waals surface area contributed by atoms with E-state index in [1.54, 1.807) is 19.1 Å². The number of carboxylic acids is 1. The van der Waals surface area contributed by atoms with Gasteiger partial charge in [0.2, 0.25) is 0 Å². The minimum atomic E-state index is -1.81. The molecule has 6 rings (SSSR count). The van der Waals surface area contributed by atoms with Crippen molar-refractivity contribution < 1.29 is 49.0 Å². The number of aliphatic hydroxyl groups excluding tert-OH is 4. The Morgan fingerprint density at radius 1 is 1.05 bits per heavy atom. The Balaban J connectivity index is 0.000000249. The number of aliphatic carboxylic acids is 1. The van der Waals surface area contributed by atoms with Gasteiger partial charge in [-0.25, -0.2) is 9.18 Å². The summed E-state index contributed by atoms with van der Waals surface area (Å²) in [6.07, 6.45) is -5.23. The van der Waals surface area contributed by atoms with Crippen molar-refractivity contribution in [1.82, 2.24) is 9.88 Å². The number of aromatic amines is 1.